The summed E-state index contributed by atoms with van der Waals surface area (Å²) in [5, 5.41) is 0. The van der Waals surface area contributed by atoms with Crippen molar-refractivity contribution in [2.24, 2.45) is 5.92 Å². The van der Waals surface area contributed by atoms with Gasteiger partial charge in [-0.2, -0.15) is 0 Å². The van der Waals surface area contributed by atoms with Crippen molar-refractivity contribution in [3.63, 3.8) is 0 Å². The fourth-order valence-electron chi connectivity index (χ4n) is 1.08. The minimum absolute atomic E-state index is 0.483. The molecule has 0 fully saturated rings. The molecule has 2 aliphatic rings. The molecule has 1 aliphatic heterocycles. The van der Waals surface area contributed by atoms with Gasteiger partial charge in [0.2, 0.25) is 0 Å². The van der Waals surface area contributed by atoms with Crippen LogP contribution >= 0.6 is 0 Å². The average Bonchev–Trinajstić information content (AvgIpc) is 2.74. The SMILES string of the molecule is O=CC1=C(C2C=CC=C2)[Se][Se][Se]1. The molecule has 0 aromatic heterocycles. The first kappa shape index (κ1) is 9.02. The molecule has 2 rings (SSSR count). The molecule has 0 amide bonds. The van der Waals surface area contributed by atoms with E-state index >= 15 is 0 Å². The zero-order valence-corrected chi connectivity index (χ0v) is 11.2. The first-order chi connectivity index (χ1) is 5.92. The molecule has 1 aliphatic carbocycles. The van der Waals surface area contributed by atoms with Crippen LogP contribution in [0, 0.1) is 5.92 Å². The Kier molecular flexibility index (Phi) is 3.09. The number of aldehydes is 1. The molecule has 0 N–H and O–H groups in total. The van der Waals surface area contributed by atoms with Crippen LogP contribution in [-0.2, 0) is 4.79 Å². The van der Waals surface area contributed by atoms with Gasteiger partial charge in [0.25, 0.3) is 0 Å². The van der Waals surface area contributed by atoms with E-state index in [-0.39, 0.29) is 0 Å². The summed E-state index contributed by atoms with van der Waals surface area (Å²) in [4.78, 5) is 10.7. The van der Waals surface area contributed by atoms with Gasteiger partial charge in [-0.25, -0.2) is 0 Å². The van der Waals surface area contributed by atoms with Gasteiger partial charge in [-0.05, 0) is 0 Å². The van der Waals surface area contributed by atoms with Gasteiger partial charge in [0.15, 0.2) is 0 Å². The molecule has 0 spiro atoms. The van der Waals surface area contributed by atoms with Gasteiger partial charge < -0.3 is 0 Å². The molecule has 0 aromatic carbocycles. The summed E-state index contributed by atoms with van der Waals surface area (Å²) in [6.07, 6.45) is 9.63. The number of carbonyl (C=O) groups is 1. The molecule has 1 heterocycles. The Hall–Kier alpha value is 0.448. The van der Waals surface area contributed by atoms with E-state index in [4.69, 9.17) is 0 Å². The maximum absolute atomic E-state index is 10.7. The second-order valence-electron chi connectivity index (χ2n) is 2.38. The Bertz CT molecular complexity index is 279. The molecule has 0 saturated carbocycles. The second-order valence-corrected chi connectivity index (χ2v) is 18.0. The Morgan fingerprint density at radius 1 is 1.25 bits per heavy atom. The summed E-state index contributed by atoms with van der Waals surface area (Å²) in [5.41, 5.74) is 0. The summed E-state index contributed by atoms with van der Waals surface area (Å²) in [6.45, 7) is 0. The monoisotopic (exact) mass is 358 g/mol. The van der Waals surface area contributed by atoms with Gasteiger partial charge in [0.05, 0.1) is 0 Å². The third-order valence-corrected chi connectivity index (χ3v) is 18.1. The minimum atomic E-state index is 0.483. The summed E-state index contributed by atoms with van der Waals surface area (Å²) in [5.74, 6) is 0.483. The molecule has 62 valence electrons. The van der Waals surface area contributed by atoms with Gasteiger partial charge in [0.1, 0.15) is 0 Å². The maximum atomic E-state index is 10.7. The fourth-order valence-corrected chi connectivity index (χ4v) is 22.3. The third-order valence-electron chi connectivity index (χ3n) is 1.65. The summed E-state index contributed by atoms with van der Waals surface area (Å²) in [7, 11) is 0. The van der Waals surface area contributed by atoms with Crippen molar-refractivity contribution in [2.75, 3.05) is 0 Å². The predicted molar refractivity (Wildman–Crippen MR) is 52.1 cm³/mol. The van der Waals surface area contributed by atoms with Crippen LogP contribution in [0.1, 0.15) is 0 Å². The Balaban J connectivity index is 2.26. The van der Waals surface area contributed by atoms with Crippen LogP contribution in [0.15, 0.2) is 33.2 Å². The third kappa shape index (κ3) is 1.70. The topological polar surface area (TPSA) is 17.1 Å². The average molecular weight is 355 g/mol. The molecular formula is C8H6OSe3. The molecular weight excluding hydrogens is 349 g/mol. The molecule has 12 heavy (non-hydrogen) atoms. The molecule has 0 aromatic rings. The molecule has 4 heteroatoms. The second kappa shape index (κ2) is 4.11. The van der Waals surface area contributed by atoms with Gasteiger partial charge in [-0.3, -0.25) is 0 Å². The standard InChI is InChI=1S/C8H6OSe3/c9-5-7-8(11-12-10-7)6-3-1-2-4-6/h1-6H. The molecule has 0 saturated heterocycles. The van der Waals surface area contributed by atoms with Crippen molar-refractivity contribution < 1.29 is 4.79 Å². The van der Waals surface area contributed by atoms with Crippen LogP contribution in [0.2, 0.25) is 0 Å². The Morgan fingerprint density at radius 3 is 2.67 bits per heavy atom. The van der Waals surface area contributed by atoms with Crippen LogP contribution in [0.25, 0.3) is 0 Å². The zero-order valence-electron chi connectivity index (χ0n) is 6.10. The number of hydrogen-bond donors (Lipinski definition) is 0. The van der Waals surface area contributed by atoms with Crippen molar-refractivity contribution in [1.29, 1.82) is 0 Å². The van der Waals surface area contributed by atoms with Crippen LogP contribution in [-0.4, -0.2) is 43.9 Å². The van der Waals surface area contributed by atoms with Crippen LogP contribution in [0.3, 0.4) is 0 Å². The molecule has 0 unspecified atom stereocenters. The first-order valence-corrected chi connectivity index (χ1v) is 13.9. The summed E-state index contributed by atoms with van der Waals surface area (Å²) in [6, 6.07) is 0. The van der Waals surface area contributed by atoms with Crippen molar-refractivity contribution in [2.45, 2.75) is 0 Å². The first-order valence-electron chi connectivity index (χ1n) is 3.47. The summed E-state index contributed by atoms with van der Waals surface area (Å²) < 4.78 is 2.62. The van der Waals surface area contributed by atoms with Gasteiger partial charge in [0, 0.05) is 0 Å². The van der Waals surface area contributed by atoms with Crippen LogP contribution < -0.4 is 0 Å². The Labute approximate surface area is 87.3 Å². The van der Waals surface area contributed by atoms with E-state index in [0.717, 1.165) is 22.1 Å². The number of carbonyl (C=O) groups excluding carboxylic acids is 1. The molecule has 0 atom stereocenters. The number of allylic oxidation sites excluding steroid dienone is 6. The number of hydrogen-bond acceptors (Lipinski definition) is 1. The van der Waals surface area contributed by atoms with Crippen LogP contribution in [0.4, 0.5) is 0 Å². The van der Waals surface area contributed by atoms with Gasteiger partial charge in [-0.15, -0.1) is 0 Å². The molecule has 0 bridgehead atoms. The fraction of sp³-hybridized carbons (Fsp3) is 0.125. The van der Waals surface area contributed by atoms with E-state index in [9.17, 15) is 4.79 Å². The molecule has 1 nitrogen and oxygen atoms in total. The van der Waals surface area contributed by atoms with Gasteiger partial charge in [-0.1, -0.05) is 0 Å². The van der Waals surface area contributed by atoms with Gasteiger partial charge >= 0.3 is 87.8 Å². The van der Waals surface area contributed by atoms with E-state index in [1.54, 1.807) is 0 Å². The van der Waals surface area contributed by atoms with E-state index in [1.165, 1.54) is 4.47 Å². The zero-order chi connectivity index (χ0) is 8.39. The predicted octanol–water partition coefficient (Wildman–Crippen LogP) is 0.0953. The van der Waals surface area contributed by atoms with Crippen molar-refractivity contribution in [3.8, 4) is 0 Å². The van der Waals surface area contributed by atoms with Crippen molar-refractivity contribution in [3.05, 3.63) is 33.2 Å². The van der Waals surface area contributed by atoms with Crippen molar-refractivity contribution >= 4 is 43.9 Å². The quantitative estimate of drug-likeness (QED) is 0.507. The normalized spacial score (nSPS) is 22.7. The van der Waals surface area contributed by atoms with Crippen LogP contribution in [0.5, 0.6) is 0 Å². The van der Waals surface area contributed by atoms with E-state index in [2.05, 4.69) is 24.3 Å². The number of rotatable bonds is 2. The molecule has 0 radical (unpaired) electrons. The van der Waals surface area contributed by atoms with E-state index in [1.807, 2.05) is 0 Å². The van der Waals surface area contributed by atoms with E-state index in [0.29, 0.717) is 32.2 Å². The van der Waals surface area contributed by atoms with E-state index < -0.39 is 0 Å². The van der Waals surface area contributed by atoms with Crippen molar-refractivity contribution in [1.82, 2.24) is 0 Å². The summed E-state index contributed by atoms with van der Waals surface area (Å²) >= 11 is 1.98. The Morgan fingerprint density at radius 2 is 2.00 bits per heavy atom.